The summed E-state index contributed by atoms with van der Waals surface area (Å²) < 4.78 is 0. The van der Waals surface area contributed by atoms with Crippen LogP contribution in [-0.2, 0) is 4.79 Å². The first kappa shape index (κ1) is 13.8. The van der Waals surface area contributed by atoms with Gasteiger partial charge in [-0.25, -0.2) is 0 Å². The van der Waals surface area contributed by atoms with Gasteiger partial charge in [-0.2, -0.15) is 0 Å². The molecule has 2 aromatic carbocycles. The van der Waals surface area contributed by atoms with Crippen LogP contribution >= 0.6 is 0 Å². The molecule has 0 unspecified atom stereocenters. The number of carboxylic acids is 1. The lowest BCUT2D eigenvalue weighted by molar-refractivity contribution is -0.135. The van der Waals surface area contributed by atoms with E-state index in [1.807, 2.05) is 43.3 Å². The summed E-state index contributed by atoms with van der Waals surface area (Å²) in [5.41, 5.74) is 3.32. The van der Waals surface area contributed by atoms with E-state index >= 15 is 0 Å². The highest BCUT2D eigenvalue weighted by molar-refractivity contribution is 5.98. The number of carbonyl (C=O) groups is 2. The number of benzene rings is 2. The van der Waals surface area contributed by atoms with E-state index in [4.69, 9.17) is 5.11 Å². The summed E-state index contributed by atoms with van der Waals surface area (Å²) >= 11 is 0. The van der Waals surface area contributed by atoms with Crippen LogP contribution in [0.15, 0.2) is 48.5 Å². The zero-order chi connectivity index (χ0) is 14.5. The summed E-state index contributed by atoms with van der Waals surface area (Å²) in [5.74, 6) is -1.43. The molecule has 4 heteroatoms. The van der Waals surface area contributed by atoms with E-state index < -0.39 is 5.97 Å². The Hall–Kier alpha value is -2.62. The van der Waals surface area contributed by atoms with Crippen molar-refractivity contribution in [3.8, 4) is 11.1 Å². The molecule has 2 aromatic rings. The van der Waals surface area contributed by atoms with Crippen molar-refractivity contribution in [3.63, 3.8) is 0 Å². The van der Waals surface area contributed by atoms with Crippen molar-refractivity contribution in [1.82, 2.24) is 5.32 Å². The summed E-state index contributed by atoms with van der Waals surface area (Å²) in [6, 6.07) is 15.2. The molecule has 1 amide bonds. The maximum absolute atomic E-state index is 12.0. The van der Waals surface area contributed by atoms with Gasteiger partial charge < -0.3 is 10.4 Å². The molecule has 0 spiro atoms. The molecule has 0 aliphatic rings. The van der Waals surface area contributed by atoms with Crippen LogP contribution in [0.25, 0.3) is 11.1 Å². The fourth-order valence-electron chi connectivity index (χ4n) is 2.06. The molecule has 4 nitrogen and oxygen atoms in total. The number of nitrogens with one attached hydrogen (secondary N) is 1. The van der Waals surface area contributed by atoms with E-state index in [1.165, 1.54) is 0 Å². The molecule has 0 saturated carbocycles. The number of hydrogen-bond donors (Lipinski definition) is 2. The van der Waals surface area contributed by atoms with Crippen molar-refractivity contribution in [1.29, 1.82) is 0 Å². The van der Waals surface area contributed by atoms with E-state index in [0.29, 0.717) is 5.56 Å². The predicted octanol–water partition coefficient (Wildman–Crippen LogP) is 2.48. The van der Waals surface area contributed by atoms with Crippen molar-refractivity contribution in [3.05, 3.63) is 59.7 Å². The van der Waals surface area contributed by atoms with Crippen LogP contribution in [0.3, 0.4) is 0 Å². The highest BCUT2D eigenvalue weighted by Crippen LogP contribution is 2.25. The monoisotopic (exact) mass is 269 g/mol. The Morgan fingerprint density at radius 3 is 2.40 bits per heavy atom. The van der Waals surface area contributed by atoms with Crippen LogP contribution in [0.5, 0.6) is 0 Å². The highest BCUT2D eigenvalue weighted by Gasteiger charge is 2.13. The molecule has 0 atom stereocenters. The van der Waals surface area contributed by atoms with Crippen molar-refractivity contribution in [2.45, 2.75) is 6.92 Å². The highest BCUT2D eigenvalue weighted by atomic mass is 16.4. The largest absolute Gasteiger partial charge is 0.480 e. The molecule has 2 rings (SSSR count). The average Bonchev–Trinajstić information content (AvgIpc) is 2.46. The number of carboxylic acid groups (broad SMARTS) is 1. The molecule has 0 aromatic heterocycles. The molecule has 2 N–H and O–H groups in total. The van der Waals surface area contributed by atoms with Gasteiger partial charge in [0.1, 0.15) is 6.54 Å². The van der Waals surface area contributed by atoms with E-state index in [-0.39, 0.29) is 12.5 Å². The third kappa shape index (κ3) is 3.03. The van der Waals surface area contributed by atoms with Crippen LogP contribution in [0.4, 0.5) is 0 Å². The van der Waals surface area contributed by atoms with Gasteiger partial charge in [-0.3, -0.25) is 9.59 Å². The molecule has 0 heterocycles. The standard InChI is InChI=1S/C16H15NO3/c1-11-13(12-6-3-2-4-7-12)8-5-9-14(11)16(20)17-10-15(18)19/h2-9H,10H2,1H3,(H,17,20)(H,18,19). The van der Waals surface area contributed by atoms with Gasteiger partial charge in [0.05, 0.1) is 0 Å². The Morgan fingerprint density at radius 1 is 1.05 bits per heavy atom. The van der Waals surface area contributed by atoms with E-state index in [1.54, 1.807) is 12.1 Å². The van der Waals surface area contributed by atoms with Crippen molar-refractivity contribution in [2.24, 2.45) is 0 Å². The zero-order valence-corrected chi connectivity index (χ0v) is 11.1. The average molecular weight is 269 g/mol. The van der Waals surface area contributed by atoms with Gasteiger partial charge in [-0.15, -0.1) is 0 Å². The topological polar surface area (TPSA) is 66.4 Å². The first-order valence-corrected chi connectivity index (χ1v) is 6.24. The van der Waals surface area contributed by atoms with Gasteiger partial charge in [-0.1, -0.05) is 42.5 Å². The third-order valence-corrected chi connectivity index (χ3v) is 3.06. The Kier molecular flexibility index (Phi) is 4.15. The Balaban J connectivity index is 2.33. The summed E-state index contributed by atoms with van der Waals surface area (Å²) in [5, 5.41) is 11.0. The molecule has 0 aliphatic heterocycles. The molecular formula is C16H15NO3. The van der Waals surface area contributed by atoms with E-state index in [2.05, 4.69) is 5.32 Å². The van der Waals surface area contributed by atoms with Crippen LogP contribution < -0.4 is 5.32 Å². The van der Waals surface area contributed by atoms with Gasteiger partial charge in [0, 0.05) is 5.56 Å². The van der Waals surface area contributed by atoms with Crippen LogP contribution in [0.1, 0.15) is 15.9 Å². The van der Waals surface area contributed by atoms with Crippen LogP contribution in [-0.4, -0.2) is 23.5 Å². The molecule has 0 radical (unpaired) electrons. The minimum Gasteiger partial charge on any atom is -0.480 e. The van der Waals surface area contributed by atoms with E-state index in [0.717, 1.165) is 16.7 Å². The van der Waals surface area contributed by atoms with Crippen LogP contribution in [0.2, 0.25) is 0 Å². The maximum atomic E-state index is 12.0. The molecule has 0 saturated heterocycles. The number of carbonyl (C=O) groups excluding carboxylic acids is 1. The quantitative estimate of drug-likeness (QED) is 0.896. The van der Waals surface area contributed by atoms with Gasteiger partial charge in [-0.05, 0) is 29.7 Å². The minimum absolute atomic E-state index is 0.373. The predicted molar refractivity (Wildman–Crippen MR) is 76.6 cm³/mol. The third-order valence-electron chi connectivity index (χ3n) is 3.06. The van der Waals surface area contributed by atoms with E-state index in [9.17, 15) is 9.59 Å². The first-order chi connectivity index (χ1) is 9.59. The number of hydrogen-bond acceptors (Lipinski definition) is 2. The molecule has 0 fully saturated rings. The second-order valence-electron chi connectivity index (χ2n) is 4.42. The van der Waals surface area contributed by atoms with Crippen LogP contribution in [0, 0.1) is 6.92 Å². The Labute approximate surface area is 117 Å². The number of amides is 1. The lowest BCUT2D eigenvalue weighted by atomic mass is 9.96. The maximum Gasteiger partial charge on any atom is 0.322 e. The summed E-state index contributed by atoms with van der Waals surface area (Å²) in [4.78, 5) is 22.5. The SMILES string of the molecule is Cc1c(C(=O)NCC(=O)O)cccc1-c1ccccc1. The lowest BCUT2D eigenvalue weighted by Gasteiger charge is -2.11. The van der Waals surface area contributed by atoms with Crippen molar-refractivity contribution in [2.75, 3.05) is 6.54 Å². The minimum atomic E-state index is -1.06. The molecule has 102 valence electrons. The molecular weight excluding hydrogens is 254 g/mol. The first-order valence-electron chi connectivity index (χ1n) is 6.24. The van der Waals surface area contributed by atoms with Gasteiger partial charge >= 0.3 is 5.97 Å². The summed E-state index contributed by atoms with van der Waals surface area (Å²) in [6.07, 6.45) is 0. The van der Waals surface area contributed by atoms with Crippen molar-refractivity contribution >= 4 is 11.9 Å². The van der Waals surface area contributed by atoms with Gasteiger partial charge in [0.15, 0.2) is 0 Å². The Bertz CT molecular complexity index is 635. The second kappa shape index (κ2) is 6.02. The summed E-state index contributed by atoms with van der Waals surface area (Å²) in [6.45, 7) is 1.48. The summed E-state index contributed by atoms with van der Waals surface area (Å²) in [7, 11) is 0. The fraction of sp³-hybridized carbons (Fsp3) is 0.125. The Morgan fingerprint density at radius 2 is 1.75 bits per heavy atom. The molecule has 0 aliphatic carbocycles. The fourth-order valence-corrected chi connectivity index (χ4v) is 2.06. The second-order valence-corrected chi connectivity index (χ2v) is 4.42. The smallest absolute Gasteiger partial charge is 0.322 e. The number of aliphatic carboxylic acids is 1. The van der Waals surface area contributed by atoms with Gasteiger partial charge in [0.2, 0.25) is 0 Å². The normalized spacial score (nSPS) is 10.1. The molecule has 0 bridgehead atoms. The lowest BCUT2D eigenvalue weighted by Crippen LogP contribution is -2.29. The van der Waals surface area contributed by atoms with Gasteiger partial charge in [0.25, 0.3) is 5.91 Å². The zero-order valence-electron chi connectivity index (χ0n) is 11.1. The molecule has 20 heavy (non-hydrogen) atoms. The number of rotatable bonds is 4. The van der Waals surface area contributed by atoms with Crippen molar-refractivity contribution < 1.29 is 14.7 Å².